The Bertz CT molecular complexity index is 880. The first kappa shape index (κ1) is 12.7. The van der Waals surface area contributed by atoms with Gasteiger partial charge in [0.15, 0.2) is 0 Å². The maximum atomic E-state index is 4.99. The Morgan fingerprint density at radius 2 is 1.30 bits per heavy atom. The van der Waals surface area contributed by atoms with Crippen LogP contribution in [0.3, 0.4) is 0 Å². The maximum absolute atomic E-state index is 4.99. The van der Waals surface area contributed by atoms with Gasteiger partial charge in [-0.3, -0.25) is 0 Å². The summed E-state index contributed by atoms with van der Waals surface area (Å²) in [5.41, 5.74) is 6.07. The summed E-state index contributed by atoms with van der Waals surface area (Å²) in [6.07, 6.45) is 0. The molecule has 2 atom stereocenters. The normalized spacial score (nSPS) is 21.2. The Morgan fingerprint density at radius 1 is 0.652 bits per heavy atom. The lowest BCUT2D eigenvalue weighted by molar-refractivity contribution is 1.11. The SMILES string of the molecule is c1ccc(C2=Nc3ccccc3N3C2C3c2ccccc2)cc1. The number of anilines is 1. The molecule has 3 aromatic rings. The minimum atomic E-state index is 0.342. The van der Waals surface area contributed by atoms with E-state index >= 15 is 0 Å². The number of rotatable bonds is 2. The molecule has 0 N–H and O–H groups in total. The third-order valence-corrected chi connectivity index (χ3v) is 4.70. The third kappa shape index (κ3) is 1.92. The number of nitrogens with zero attached hydrogens (tertiary/aromatic N) is 2. The van der Waals surface area contributed by atoms with E-state index in [9.17, 15) is 0 Å². The molecule has 23 heavy (non-hydrogen) atoms. The van der Waals surface area contributed by atoms with E-state index in [0.29, 0.717) is 12.1 Å². The van der Waals surface area contributed by atoms with E-state index in [1.54, 1.807) is 0 Å². The standard InChI is InChI=1S/C21H16N2/c1-3-9-15(10-4-1)19-21-20(16-11-5-2-6-12-16)23(21)18-14-8-7-13-17(18)22-19/h1-14,20-21H. The fourth-order valence-electron chi connectivity index (χ4n) is 3.62. The van der Waals surface area contributed by atoms with Gasteiger partial charge in [0.25, 0.3) is 0 Å². The highest BCUT2D eigenvalue weighted by molar-refractivity contribution is 6.14. The Balaban J connectivity index is 1.66. The molecule has 2 nitrogen and oxygen atoms in total. The monoisotopic (exact) mass is 296 g/mol. The van der Waals surface area contributed by atoms with Gasteiger partial charge in [-0.25, -0.2) is 4.99 Å². The number of aliphatic imine (C=N–C) groups is 1. The van der Waals surface area contributed by atoms with Crippen molar-refractivity contribution in [2.45, 2.75) is 12.1 Å². The second kappa shape index (κ2) is 4.82. The van der Waals surface area contributed by atoms with Crippen LogP contribution in [0.4, 0.5) is 11.4 Å². The number of hydrogen-bond donors (Lipinski definition) is 0. The van der Waals surface area contributed by atoms with Gasteiger partial charge in [-0.05, 0) is 23.3 Å². The largest absolute Gasteiger partial charge is 0.349 e. The van der Waals surface area contributed by atoms with E-state index in [1.807, 2.05) is 0 Å². The molecule has 110 valence electrons. The molecule has 2 aliphatic rings. The van der Waals surface area contributed by atoms with Crippen LogP contribution in [0.1, 0.15) is 17.2 Å². The molecule has 0 radical (unpaired) electrons. The summed E-state index contributed by atoms with van der Waals surface area (Å²) in [6.45, 7) is 0. The minimum absolute atomic E-state index is 0.342. The summed E-state index contributed by atoms with van der Waals surface area (Å²) in [7, 11) is 0. The molecular weight excluding hydrogens is 280 g/mol. The molecule has 0 amide bonds. The number of fused-ring (bicyclic) bond motifs is 3. The van der Waals surface area contributed by atoms with Gasteiger partial charge >= 0.3 is 0 Å². The van der Waals surface area contributed by atoms with Gasteiger partial charge in [-0.1, -0.05) is 72.8 Å². The van der Waals surface area contributed by atoms with Crippen molar-refractivity contribution in [1.29, 1.82) is 0 Å². The first-order valence-electron chi connectivity index (χ1n) is 8.00. The lowest BCUT2D eigenvalue weighted by Gasteiger charge is -2.16. The van der Waals surface area contributed by atoms with Crippen molar-refractivity contribution in [2.24, 2.45) is 4.99 Å². The summed E-state index contributed by atoms with van der Waals surface area (Å²) in [5.74, 6) is 0. The van der Waals surface area contributed by atoms with Gasteiger partial charge in [0.1, 0.15) is 0 Å². The van der Waals surface area contributed by atoms with E-state index in [0.717, 1.165) is 5.69 Å². The van der Waals surface area contributed by atoms with Gasteiger partial charge in [-0.15, -0.1) is 0 Å². The van der Waals surface area contributed by atoms with Crippen LogP contribution in [0.2, 0.25) is 0 Å². The predicted molar refractivity (Wildman–Crippen MR) is 94.5 cm³/mol. The molecule has 1 saturated heterocycles. The Labute approximate surface area is 135 Å². The quantitative estimate of drug-likeness (QED) is 0.623. The Kier molecular flexibility index (Phi) is 2.65. The number of para-hydroxylation sites is 2. The van der Waals surface area contributed by atoms with Crippen LogP contribution in [0, 0.1) is 0 Å². The zero-order valence-electron chi connectivity index (χ0n) is 12.6. The molecule has 3 aromatic carbocycles. The molecule has 0 aliphatic carbocycles. The van der Waals surface area contributed by atoms with Crippen molar-refractivity contribution in [2.75, 3.05) is 4.90 Å². The first-order chi connectivity index (χ1) is 11.4. The molecule has 0 saturated carbocycles. The van der Waals surface area contributed by atoms with Crippen LogP contribution in [0.25, 0.3) is 0 Å². The second-order valence-corrected chi connectivity index (χ2v) is 6.06. The van der Waals surface area contributed by atoms with E-state index < -0.39 is 0 Å². The fraction of sp³-hybridized carbons (Fsp3) is 0.0952. The predicted octanol–water partition coefficient (Wildman–Crippen LogP) is 4.75. The molecule has 0 aromatic heterocycles. The lowest BCUT2D eigenvalue weighted by Crippen LogP contribution is -2.17. The third-order valence-electron chi connectivity index (χ3n) is 4.70. The summed E-state index contributed by atoms with van der Waals surface area (Å²) < 4.78 is 0. The highest BCUT2D eigenvalue weighted by Gasteiger charge is 2.54. The van der Waals surface area contributed by atoms with Crippen molar-refractivity contribution in [3.63, 3.8) is 0 Å². The Morgan fingerprint density at radius 3 is 2.09 bits per heavy atom. The number of benzene rings is 3. The zero-order valence-corrected chi connectivity index (χ0v) is 12.6. The van der Waals surface area contributed by atoms with Crippen molar-refractivity contribution in [3.8, 4) is 0 Å². The molecule has 0 spiro atoms. The van der Waals surface area contributed by atoms with Crippen molar-refractivity contribution < 1.29 is 0 Å². The van der Waals surface area contributed by atoms with Gasteiger partial charge in [0, 0.05) is 0 Å². The molecular formula is C21H16N2. The van der Waals surface area contributed by atoms with E-state index in [1.165, 1.54) is 22.5 Å². The topological polar surface area (TPSA) is 15.4 Å². The number of hydrogen-bond acceptors (Lipinski definition) is 2. The molecule has 0 bridgehead atoms. The maximum Gasteiger partial charge on any atom is 0.0973 e. The first-order valence-corrected chi connectivity index (χ1v) is 8.00. The second-order valence-electron chi connectivity index (χ2n) is 6.06. The smallest absolute Gasteiger partial charge is 0.0973 e. The van der Waals surface area contributed by atoms with E-state index in [2.05, 4.69) is 89.8 Å². The zero-order chi connectivity index (χ0) is 15.2. The van der Waals surface area contributed by atoms with Crippen molar-refractivity contribution in [1.82, 2.24) is 0 Å². The molecule has 5 rings (SSSR count). The van der Waals surface area contributed by atoms with E-state index in [-0.39, 0.29) is 0 Å². The van der Waals surface area contributed by atoms with Gasteiger partial charge in [0.05, 0.1) is 29.2 Å². The van der Waals surface area contributed by atoms with Crippen LogP contribution in [-0.4, -0.2) is 11.8 Å². The van der Waals surface area contributed by atoms with Crippen molar-refractivity contribution >= 4 is 17.1 Å². The molecule has 1 fully saturated rings. The summed E-state index contributed by atoms with van der Waals surface area (Å²) >= 11 is 0. The summed E-state index contributed by atoms with van der Waals surface area (Å²) in [6, 6.07) is 30.5. The van der Waals surface area contributed by atoms with Crippen LogP contribution in [0.15, 0.2) is 89.9 Å². The van der Waals surface area contributed by atoms with Gasteiger partial charge in [-0.2, -0.15) is 0 Å². The summed E-state index contributed by atoms with van der Waals surface area (Å²) in [4.78, 5) is 7.48. The average Bonchev–Trinajstić information content (AvgIpc) is 3.38. The molecule has 2 unspecified atom stereocenters. The average molecular weight is 296 g/mol. The van der Waals surface area contributed by atoms with Gasteiger partial charge in [0.2, 0.25) is 0 Å². The highest BCUT2D eigenvalue weighted by atomic mass is 15.4. The molecule has 2 aliphatic heterocycles. The van der Waals surface area contributed by atoms with Crippen LogP contribution < -0.4 is 4.90 Å². The highest BCUT2D eigenvalue weighted by Crippen LogP contribution is 2.54. The van der Waals surface area contributed by atoms with Crippen LogP contribution in [-0.2, 0) is 0 Å². The van der Waals surface area contributed by atoms with Gasteiger partial charge < -0.3 is 4.90 Å². The minimum Gasteiger partial charge on any atom is -0.349 e. The van der Waals surface area contributed by atoms with Crippen LogP contribution in [0.5, 0.6) is 0 Å². The van der Waals surface area contributed by atoms with Crippen LogP contribution >= 0.6 is 0 Å². The fourth-order valence-corrected chi connectivity index (χ4v) is 3.62. The van der Waals surface area contributed by atoms with Crippen molar-refractivity contribution in [3.05, 3.63) is 96.1 Å². The lowest BCUT2D eigenvalue weighted by atomic mass is 10.0. The molecule has 2 heteroatoms. The Hall–Kier alpha value is -2.87. The summed E-state index contributed by atoms with van der Waals surface area (Å²) in [5, 5.41) is 0. The molecule has 2 heterocycles. The van der Waals surface area contributed by atoms with E-state index in [4.69, 9.17) is 4.99 Å².